The lowest BCUT2D eigenvalue weighted by molar-refractivity contribution is -0.141. The first kappa shape index (κ1) is 23.1. The first-order chi connectivity index (χ1) is 17.8. The molecule has 1 fully saturated rings. The summed E-state index contributed by atoms with van der Waals surface area (Å²) < 4.78 is 34.6. The number of aromatic carboxylic acids is 1. The van der Waals surface area contributed by atoms with Gasteiger partial charge in [0, 0.05) is 32.4 Å². The highest BCUT2D eigenvalue weighted by Crippen LogP contribution is 2.42. The lowest BCUT2D eigenvalue weighted by atomic mass is 10.1. The maximum absolute atomic E-state index is 15.5. The van der Waals surface area contributed by atoms with E-state index in [0.717, 1.165) is 6.07 Å². The second-order valence-electron chi connectivity index (χ2n) is 9.35. The lowest BCUT2D eigenvalue weighted by Gasteiger charge is -2.39. The summed E-state index contributed by atoms with van der Waals surface area (Å²) >= 11 is 0. The first-order valence-electron chi connectivity index (χ1n) is 12.0. The van der Waals surface area contributed by atoms with Crippen molar-refractivity contribution in [3.8, 4) is 17.2 Å². The van der Waals surface area contributed by atoms with Gasteiger partial charge in [0.05, 0.1) is 16.9 Å². The topological polar surface area (TPSA) is 111 Å². The molecule has 1 saturated heterocycles. The number of aromatic nitrogens is 1. The van der Waals surface area contributed by atoms with Crippen molar-refractivity contribution in [2.45, 2.75) is 19.1 Å². The number of fused-ring (bicyclic) bond motifs is 1. The number of benzene rings is 2. The number of nitrogens with zero attached hydrogens (tertiary/aromatic N) is 3. The van der Waals surface area contributed by atoms with E-state index in [1.54, 1.807) is 26.5 Å². The number of carbonyl (C=O) groups is 2. The third kappa shape index (κ3) is 3.73. The number of amides is 1. The minimum atomic E-state index is -1.36. The van der Waals surface area contributed by atoms with Gasteiger partial charge < -0.3 is 33.7 Å². The van der Waals surface area contributed by atoms with Gasteiger partial charge in [-0.15, -0.1) is 0 Å². The second kappa shape index (κ2) is 8.68. The lowest BCUT2D eigenvalue weighted by Crippen LogP contribution is -2.54. The number of piperazine rings is 1. The third-order valence-electron chi connectivity index (χ3n) is 7.06. The quantitative estimate of drug-likeness (QED) is 0.573. The molecule has 1 N–H and O–H groups in total. The highest BCUT2D eigenvalue weighted by Gasteiger charge is 2.35. The molecule has 2 aromatic carbocycles. The average molecular weight is 509 g/mol. The van der Waals surface area contributed by atoms with Gasteiger partial charge in [-0.25, -0.2) is 9.18 Å². The molecule has 37 heavy (non-hydrogen) atoms. The van der Waals surface area contributed by atoms with E-state index in [2.05, 4.69) is 0 Å². The van der Waals surface area contributed by atoms with Crippen LogP contribution in [0.25, 0.3) is 10.9 Å². The Labute approximate surface area is 210 Å². The van der Waals surface area contributed by atoms with E-state index in [1.807, 2.05) is 19.1 Å². The third-order valence-corrected chi connectivity index (χ3v) is 7.06. The molecule has 0 aliphatic carbocycles. The Kier molecular flexibility index (Phi) is 5.43. The number of hydrogen-bond donors (Lipinski definition) is 1. The molecule has 3 aliphatic rings. The van der Waals surface area contributed by atoms with E-state index in [9.17, 15) is 19.5 Å². The summed E-state index contributed by atoms with van der Waals surface area (Å²) in [6.07, 6.45) is 0.537. The molecule has 10 nitrogen and oxygen atoms in total. The normalized spacial score (nSPS) is 20.5. The molecule has 1 aromatic heterocycles. The fourth-order valence-corrected chi connectivity index (χ4v) is 5.15. The van der Waals surface area contributed by atoms with Crippen LogP contribution in [0.2, 0.25) is 0 Å². The van der Waals surface area contributed by atoms with E-state index in [0.29, 0.717) is 43.2 Å². The fraction of sp³-hybridized carbons (Fsp3) is 0.346. The second-order valence-corrected chi connectivity index (χ2v) is 9.35. The van der Waals surface area contributed by atoms with E-state index in [-0.39, 0.29) is 42.0 Å². The summed E-state index contributed by atoms with van der Waals surface area (Å²) in [4.78, 5) is 41.0. The van der Waals surface area contributed by atoms with Crippen molar-refractivity contribution in [1.29, 1.82) is 0 Å². The number of carboxylic acid groups (broad SMARTS) is 1. The number of hydrogen-bond acceptors (Lipinski definition) is 7. The Morgan fingerprint density at radius 3 is 2.51 bits per heavy atom. The van der Waals surface area contributed by atoms with E-state index in [1.165, 1.54) is 6.20 Å². The number of halogens is 1. The van der Waals surface area contributed by atoms with Crippen LogP contribution < -0.4 is 24.5 Å². The van der Waals surface area contributed by atoms with Crippen molar-refractivity contribution in [2.24, 2.45) is 0 Å². The molecule has 3 aliphatic heterocycles. The zero-order valence-electron chi connectivity index (χ0n) is 20.0. The molecule has 0 spiro atoms. The van der Waals surface area contributed by atoms with E-state index >= 15 is 4.39 Å². The van der Waals surface area contributed by atoms with Gasteiger partial charge in [0.15, 0.2) is 23.1 Å². The number of pyridine rings is 1. The average Bonchev–Trinajstić information content (AvgIpc) is 2.91. The van der Waals surface area contributed by atoms with Crippen LogP contribution in [0.15, 0.2) is 41.3 Å². The number of ether oxygens (including phenoxy) is 3. The van der Waals surface area contributed by atoms with Crippen LogP contribution in [-0.2, 0) is 4.79 Å². The number of rotatable bonds is 3. The molecule has 4 heterocycles. The van der Waals surface area contributed by atoms with Crippen LogP contribution in [0, 0.1) is 5.82 Å². The highest BCUT2D eigenvalue weighted by molar-refractivity contribution is 5.97. The molecule has 0 saturated carbocycles. The summed E-state index contributed by atoms with van der Waals surface area (Å²) in [5.74, 6) is -0.912. The van der Waals surface area contributed by atoms with Gasteiger partial charge in [-0.2, -0.15) is 0 Å². The monoisotopic (exact) mass is 509 g/mol. The van der Waals surface area contributed by atoms with Crippen molar-refractivity contribution in [2.75, 3.05) is 44.3 Å². The van der Waals surface area contributed by atoms with Gasteiger partial charge in [-0.3, -0.25) is 9.59 Å². The van der Waals surface area contributed by atoms with Gasteiger partial charge in [-0.1, -0.05) is 12.1 Å². The van der Waals surface area contributed by atoms with Crippen molar-refractivity contribution >= 4 is 28.5 Å². The predicted octanol–water partition coefficient (Wildman–Crippen LogP) is 2.28. The SMILES string of the molecule is C[C@H]1COc2c(N3CCN(C(=O)C4COc5ccccc5O4)CC3)c(F)cc3c(=O)c(C(=O)O)cn1c23. The minimum absolute atomic E-state index is 0.0359. The summed E-state index contributed by atoms with van der Waals surface area (Å²) in [6.45, 7) is 3.47. The standard InChI is InChI=1S/C26H24FN3O7/c1-14-12-36-24-21-15(23(31)16(26(33)34)11-30(14)21)10-17(27)22(24)28-6-8-29(9-7-28)25(32)20-13-35-18-4-2-3-5-19(18)37-20/h2-5,10-11,14,20H,6-9,12-13H2,1H3,(H,33,34)/t14-,20?/m0/s1. The first-order valence-corrected chi connectivity index (χ1v) is 12.0. The summed E-state index contributed by atoms with van der Waals surface area (Å²) in [7, 11) is 0. The van der Waals surface area contributed by atoms with Crippen molar-refractivity contribution in [1.82, 2.24) is 9.47 Å². The van der Waals surface area contributed by atoms with Gasteiger partial charge >= 0.3 is 5.97 Å². The maximum Gasteiger partial charge on any atom is 0.341 e. The van der Waals surface area contributed by atoms with Crippen LogP contribution in [-0.4, -0.2) is 71.9 Å². The Hall–Kier alpha value is -4.28. The van der Waals surface area contributed by atoms with Crippen LogP contribution in [0.1, 0.15) is 23.3 Å². The Morgan fingerprint density at radius 2 is 1.78 bits per heavy atom. The number of para-hydroxylation sites is 2. The zero-order chi connectivity index (χ0) is 25.8. The largest absolute Gasteiger partial charge is 0.487 e. The van der Waals surface area contributed by atoms with E-state index < -0.39 is 28.9 Å². The van der Waals surface area contributed by atoms with Gasteiger partial charge in [-0.05, 0) is 25.1 Å². The molecule has 2 atom stereocenters. The number of anilines is 1. The molecular weight excluding hydrogens is 485 g/mol. The Morgan fingerprint density at radius 1 is 1.05 bits per heavy atom. The molecular formula is C26H24FN3O7. The van der Waals surface area contributed by atoms with Gasteiger partial charge in [0.1, 0.15) is 24.5 Å². The van der Waals surface area contributed by atoms with Crippen molar-refractivity contribution in [3.05, 3.63) is 58.1 Å². The van der Waals surface area contributed by atoms with Crippen molar-refractivity contribution < 1.29 is 33.3 Å². The van der Waals surface area contributed by atoms with Crippen LogP contribution in [0.4, 0.5) is 10.1 Å². The predicted molar refractivity (Wildman–Crippen MR) is 130 cm³/mol. The number of carboxylic acids is 1. The summed E-state index contributed by atoms with van der Waals surface area (Å²) in [6, 6.07) is 8.01. The van der Waals surface area contributed by atoms with Crippen LogP contribution >= 0.6 is 0 Å². The van der Waals surface area contributed by atoms with Crippen LogP contribution in [0.5, 0.6) is 17.2 Å². The zero-order valence-corrected chi connectivity index (χ0v) is 20.0. The van der Waals surface area contributed by atoms with E-state index in [4.69, 9.17) is 14.2 Å². The summed E-state index contributed by atoms with van der Waals surface area (Å²) in [5, 5.41) is 9.43. The smallest absolute Gasteiger partial charge is 0.341 e. The Balaban J connectivity index is 1.27. The molecule has 1 unspecified atom stereocenters. The van der Waals surface area contributed by atoms with Crippen LogP contribution in [0.3, 0.4) is 0 Å². The molecule has 1 amide bonds. The fourth-order valence-electron chi connectivity index (χ4n) is 5.15. The highest BCUT2D eigenvalue weighted by atomic mass is 19.1. The van der Waals surface area contributed by atoms with Crippen molar-refractivity contribution in [3.63, 3.8) is 0 Å². The maximum atomic E-state index is 15.5. The van der Waals surface area contributed by atoms with Gasteiger partial charge in [0.25, 0.3) is 5.91 Å². The Bertz CT molecular complexity index is 1500. The molecule has 6 rings (SSSR count). The number of carbonyl (C=O) groups excluding carboxylic acids is 1. The molecule has 11 heteroatoms. The summed E-state index contributed by atoms with van der Waals surface area (Å²) in [5.41, 5.74) is -0.596. The molecule has 0 bridgehead atoms. The molecule has 3 aromatic rings. The van der Waals surface area contributed by atoms with Gasteiger partial charge in [0.2, 0.25) is 11.5 Å². The molecule has 192 valence electrons. The minimum Gasteiger partial charge on any atom is -0.487 e. The molecule has 0 radical (unpaired) electrons.